The van der Waals surface area contributed by atoms with Crippen molar-refractivity contribution < 1.29 is 9.53 Å². The number of alkyl carbamates (subject to hydrolysis) is 1. The van der Waals surface area contributed by atoms with Crippen molar-refractivity contribution in [3.8, 4) is 0 Å². The fourth-order valence-corrected chi connectivity index (χ4v) is 2.27. The van der Waals surface area contributed by atoms with Crippen LogP contribution in [0.4, 0.5) is 4.79 Å². The maximum Gasteiger partial charge on any atom is 0.407 e. The van der Waals surface area contributed by atoms with E-state index in [0.717, 1.165) is 25.6 Å². The Morgan fingerprint density at radius 3 is 2.69 bits per heavy atom. The summed E-state index contributed by atoms with van der Waals surface area (Å²) < 4.78 is 5.19. The number of nitrogens with one attached hydrogen (secondary N) is 2. The minimum atomic E-state index is -0.404. The van der Waals surface area contributed by atoms with E-state index in [4.69, 9.17) is 4.74 Å². The number of piperidine rings is 1. The van der Waals surface area contributed by atoms with Gasteiger partial charge in [0.15, 0.2) is 0 Å². The van der Waals surface area contributed by atoms with E-state index >= 15 is 0 Å². The van der Waals surface area contributed by atoms with E-state index in [1.807, 2.05) is 20.8 Å². The van der Waals surface area contributed by atoms with E-state index in [2.05, 4.69) is 10.6 Å². The molecule has 0 radical (unpaired) electrons. The molecule has 2 aliphatic rings. The lowest BCUT2D eigenvalue weighted by Gasteiger charge is -2.21. The van der Waals surface area contributed by atoms with Crippen molar-refractivity contribution in [1.29, 1.82) is 0 Å². The molecule has 2 atom stereocenters. The van der Waals surface area contributed by atoms with Gasteiger partial charge in [-0.15, -0.1) is 12.4 Å². The summed E-state index contributed by atoms with van der Waals surface area (Å²) in [7, 11) is 0. The van der Waals surface area contributed by atoms with Crippen molar-refractivity contribution in [1.82, 2.24) is 10.6 Å². The van der Waals surface area contributed by atoms with Crippen LogP contribution in [-0.4, -0.2) is 31.3 Å². The van der Waals surface area contributed by atoms with E-state index in [-0.39, 0.29) is 18.5 Å². The second-order valence-electron chi connectivity index (χ2n) is 5.75. The van der Waals surface area contributed by atoms with Crippen LogP contribution in [0, 0.1) is 11.3 Å². The van der Waals surface area contributed by atoms with Gasteiger partial charge in [0.2, 0.25) is 0 Å². The molecule has 0 unspecified atom stereocenters. The maximum atomic E-state index is 11.4. The number of carbonyl (C=O) groups excluding carboxylic acids is 1. The molecule has 0 aromatic rings. The van der Waals surface area contributed by atoms with E-state index in [1.165, 1.54) is 6.42 Å². The number of rotatable bonds is 2. The summed E-state index contributed by atoms with van der Waals surface area (Å²) in [4.78, 5) is 11.4. The van der Waals surface area contributed by atoms with Gasteiger partial charge in [0.25, 0.3) is 0 Å². The van der Waals surface area contributed by atoms with Crippen molar-refractivity contribution in [3.63, 3.8) is 0 Å². The number of fused-ring (bicyclic) bond motifs is 1. The number of halogens is 1. The third-order valence-electron chi connectivity index (χ3n) is 3.21. The van der Waals surface area contributed by atoms with Crippen LogP contribution in [0.25, 0.3) is 0 Å². The average molecular weight is 249 g/mol. The quantitative estimate of drug-likeness (QED) is 0.780. The van der Waals surface area contributed by atoms with Crippen LogP contribution < -0.4 is 10.6 Å². The molecule has 0 spiro atoms. The number of carbonyl (C=O) groups is 1. The highest BCUT2D eigenvalue weighted by atomic mass is 35.5. The monoisotopic (exact) mass is 248 g/mol. The smallest absolute Gasteiger partial charge is 0.407 e. The third kappa shape index (κ3) is 3.01. The zero-order valence-electron chi connectivity index (χ0n) is 10.1. The first-order valence-electron chi connectivity index (χ1n) is 5.59. The van der Waals surface area contributed by atoms with E-state index < -0.39 is 5.60 Å². The molecule has 1 amide bonds. The van der Waals surface area contributed by atoms with Gasteiger partial charge in [-0.1, -0.05) is 0 Å². The van der Waals surface area contributed by atoms with E-state index in [0.29, 0.717) is 5.41 Å². The van der Waals surface area contributed by atoms with Crippen LogP contribution in [0.2, 0.25) is 0 Å². The highest BCUT2D eigenvalue weighted by Gasteiger charge is 2.56. The number of hydrogen-bond acceptors (Lipinski definition) is 3. The molecule has 1 aliphatic carbocycles. The Bertz CT molecular complexity index is 278. The molecular weight excluding hydrogens is 228 g/mol. The molecular formula is C11H21ClN2O2. The van der Waals surface area contributed by atoms with Gasteiger partial charge in [0.1, 0.15) is 5.60 Å². The summed E-state index contributed by atoms with van der Waals surface area (Å²) >= 11 is 0. The van der Waals surface area contributed by atoms with Crippen molar-refractivity contribution in [2.75, 3.05) is 19.6 Å². The largest absolute Gasteiger partial charge is 0.444 e. The summed E-state index contributed by atoms with van der Waals surface area (Å²) in [5.74, 6) is 0.771. The standard InChI is InChI=1S/C11H20N2O2.ClH/c1-10(2,3)15-9(14)13-7-11-4-8(11)5-12-6-11;/h8,12H,4-7H2,1-3H3,(H,13,14);1H/t8-,11+;/m1./s1. The highest BCUT2D eigenvalue weighted by molar-refractivity contribution is 5.85. The number of hydrogen-bond donors (Lipinski definition) is 2. The van der Waals surface area contributed by atoms with Gasteiger partial charge in [-0.05, 0) is 39.7 Å². The molecule has 2 N–H and O–H groups in total. The summed E-state index contributed by atoms with van der Waals surface area (Å²) in [6, 6.07) is 0. The topological polar surface area (TPSA) is 50.4 Å². The van der Waals surface area contributed by atoms with Gasteiger partial charge in [-0.3, -0.25) is 0 Å². The summed E-state index contributed by atoms with van der Waals surface area (Å²) in [5, 5.41) is 6.20. The molecule has 94 valence electrons. The molecule has 5 heteroatoms. The molecule has 2 rings (SSSR count). The van der Waals surface area contributed by atoms with Crippen LogP contribution in [0.15, 0.2) is 0 Å². The van der Waals surface area contributed by atoms with Crippen LogP contribution >= 0.6 is 12.4 Å². The summed E-state index contributed by atoms with van der Waals surface area (Å²) in [5.41, 5.74) is -0.0600. The van der Waals surface area contributed by atoms with Gasteiger partial charge in [-0.2, -0.15) is 0 Å². The highest BCUT2D eigenvalue weighted by Crippen LogP contribution is 2.54. The van der Waals surface area contributed by atoms with E-state index in [1.54, 1.807) is 0 Å². The molecule has 0 aromatic heterocycles. The zero-order valence-corrected chi connectivity index (χ0v) is 10.9. The average Bonchev–Trinajstić information content (AvgIpc) is 2.63. The predicted molar refractivity (Wildman–Crippen MR) is 64.9 cm³/mol. The fourth-order valence-electron chi connectivity index (χ4n) is 2.27. The van der Waals surface area contributed by atoms with Crippen molar-refractivity contribution in [2.24, 2.45) is 11.3 Å². The normalized spacial score (nSPS) is 31.3. The second kappa shape index (κ2) is 4.41. The van der Waals surface area contributed by atoms with Gasteiger partial charge in [-0.25, -0.2) is 4.79 Å². The first-order valence-corrected chi connectivity index (χ1v) is 5.59. The maximum absolute atomic E-state index is 11.4. The lowest BCUT2D eigenvalue weighted by atomic mass is 10.1. The van der Waals surface area contributed by atoms with Gasteiger partial charge < -0.3 is 15.4 Å². The number of ether oxygens (including phenoxy) is 1. The second-order valence-corrected chi connectivity index (χ2v) is 5.75. The van der Waals surface area contributed by atoms with Crippen molar-refractivity contribution >= 4 is 18.5 Å². The Hall–Kier alpha value is -0.480. The number of amides is 1. The van der Waals surface area contributed by atoms with Crippen molar-refractivity contribution in [3.05, 3.63) is 0 Å². The molecule has 1 aliphatic heterocycles. The van der Waals surface area contributed by atoms with Gasteiger partial charge in [0.05, 0.1) is 0 Å². The Morgan fingerprint density at radius 2 is 2.25 bits per heavy atom. The lowest BCUT2D eigenvalue weighted by Crippen LogP contribution is -2.37. The van der Waals surface area contributed by atoms with E-state index in [9.17, 15) is 4.79 Å². The molecule has 1 heterocycles. The predicted octanol–water partition coefficient (Wildman–Crippen LogP) is 1.54. The molecule has 0 aromatic carbocycles. The Labute approximate surface area is 103 Å². The fraction of sp³-hybridized carbons (Fsp3) is 0.909. The molecule has 16 heavy (non-hydrogen) atoms. The van der Waals surface area contributed by atoms with Gasteiger partial charge in [0, 0.05) is 18.5 Å². The first kappa shape index (κ1) is 13.6. The van der Waals surface area contributed by atoms with Gasteiger partial charge >= 0.3 is 6.09 Å². The zero-order chi connectivity index (χ0) is 11.1. The molecule has 0 bridgehead atoms. The van der Waals surface area contributed by atoms with Crippen LogP contribution in [0.3, 0.4) is 0 Å². The SMILES string of the molecule is CC(C)(C)OC(=O)NC[C@]12CNC[C@H]1C2.Cl. The van der Waals surface area contributed by atoms with Crippen molar-refractivity contribution in [2.45, 2.75) is 32.8 Å². The third-order valence-corrected chi connectivity index (χ3v) is 3.21. The molecule has 1 saturated carbocycles. The first-order chi connectivity index (χ1) is 6.91. The van der Waals surface area contributed by atoms with Crippen LogP contribution in [-0.2, 0) is 4.74 Å². The Balaban J connectivity index is 0.00000128. The molecule has 4 nitrogen and oxygen atoms in total. The van der Waals surface area contributed by atoms with Crippen LogP contribution in [0.5, 0.6) is 0 Å². The Morgan fingerprint density at radius 1 is 1.56 bits per heavy atom. The summed E-state index contributed by atoms with van der Waals surface area (Å²) in [6.07, 6.45) is 0.949. The molecule has 1 saturated heterocycles. The minimum Gasteiger partial charge on any atom is -0.444 e. The Kier molecular flexibility index (Phi) is 3.75. The minimum absolute atomic E-state index is 0. The van der Waals surface area contributed by atoms with Crippen LogP contribution in [0.1, 0.15) is 27.2 Å². The lowest BCUT2D eigenvalue weighted by molar-refractivity contribution is 0.0516. The summed E-state index contributed by atoms with van der Waals surface area (Å²) in [6.45, 7) is 8.52. The molecule has 2 fully saturated rings.